The van der Waals surface area contributed by atoms with Crippen molar-refractivity contribution in [3.63, 3.8) is 0 Å². The molecule has 0 aliphatic heterocycles. The molecule has 3 aromatic rings. The lowest BCUT2D eigenvalue weighted by Crippen LogP contribution is -2.31. The first kappa shape index (κ1) is 23.2. The van der Waals surface area contributed by atoms with Crippen LogP contribution in [0.1, 0.15) is 48.2 Å². The molecule has 9 heteroatoms. The number of amides is 1. The summed E-state index contributed by atoms with van der Waals surface area (Å²) in [6.07, 6.45) is 5.83. The summed E-state index contributed by atoms with van der Waals surface area (Å²) in [7, 11) is 0. The highest BCUT2D eigenvalue weighted by molar-refractivity contribution is 6.30. The predicted octanol–water partition coefficient (Wildman–Crippen LogP) is 5.70. The van der Waals surface area contributed by atoms with Crippen LogP contribution in [0.2, 0.25) is 5.02 Å². The normalized spacial score (nSPS) is 20.5. The van der Waals surface area contributed by atoms with Gasteiger partial charge in [0.1, 0.15) is 28.8 Å². The summed E-state index contributed by atoms with van der Waals surface area (Å²) in [6.45, 7) is 2.14. The number of nitrogens with one attached hydrogen (secondary N) is 1. The topological polar surface area (TPSA) is 80.9 Å². The average Bonchev–Trinajstić information content (AvgIpc) is 2.74. The van der Waals surface area contributed by atoms with Crippen LogP contribution in [0.5, 0.6) is 0 Å². The Kier molecular flexibility index (Phi) is 6.67. The molecule has 1 amide bonds. The lowest BCUT2D eigenvalue weighted by atomic mass is 9.76. The smallest absolute Gasteiger partial charge is 0.274 e. The number of carbonyl (C=O) groups excluding carboxylic acids is 1. The highest BCUT2D eigenvalue weighted by atomic mass is 35.5. The Bertz CT molecular complexity index is 1170. The SMILES string of the molecule is C[C@@H]1C[C@@H](N)C[C@H](c2ccncc2NC(=O)c2ccc(F)c(-c3c(F)cc(Cl)cc3F)n2)C1. The molecule has 0 saturated heterocycles. The van der Waals surface area contributed by atoms with Crippen LogP contribution >= 0.6 is 11.6 Å². The molecule has 0 spiro atoms. The Morgan fingerprint density at radius 3 is 2.52 bits per heavy atom. The second kappa shape index (κ2) is 9.49. The third-order valence-electron chi connectivity index (χ3n) is 5.84. The van der Waals surface area contributed by atoms with Crippen LogP contribution in [-0.2, 0) is 0 Å². The van der Waals surface area contributed by atoms with Gasteiger partial charge in [-0.15, -0.1) is 0 Å². The summed E-state index contributed by atoms with van der Waals surface area (Å²) in [5.41, 5.74) is 6.07. The van der Waals surface area contributed by atoms with Gasteiger partial charge in [-0.05, 0) is 67.0 Å². The maximum atomic E-state index is 14.4. The summed E-state index contributed by atoms with van der Waals surface area (Å²) >= 11 is 5.65. The monoisotopic (exact) mass is 474 g/mol. The number of nitrogens with zero attached hydrogens (tertiary/aromatic N) is 2. The Labute approximate surface area is 194 Å². The van der Waals surface area contributed by atoms with E-state index in [2.05, 4.69) is 22.2 Å². The van der Waals surface area contributed by atoms with Crippen molar-refractivity contribution in [2.24, 2.45) is 11.7 Å². The third kappa shape index (κ3) is 5.02. The molecule has 1 aromatic carbocycles. The summed E-state index contributed by atoms with van der Waals surface area (Å²) in [6, 6.07) is 5.70. The number of aromatic nitrogens is 2. The van der Waals surface area contributed by atoms with Crippen LogP contribution < -0.4 is 11.1 Å². The maximum Gasteiger partial charge on any atom is 0.274 e. The lowest BCUT2D eigenvalue weighted by molar-refractivity contribution is 0.102. The van der Waals surface area contributed by atoms with E-state index in [0.29, 0.717) is 11.6 Å². The average molecular weight is 475 g/mol. The van der Waals surface area contributed by atoms with Crippen molar-refractivity contribution in [1.82, 2.24) is 9.97 Å². The van der Waals surface area contributed by atoms with Gasteiger partial charge in [-0.25, -0.2) is 18.2 Å². The van der Waals surface area contributed by atoms with Gasteiger partial charge >= 0.3 is 0 Å². The standard InChI is InChI=1S/C24H22ClF3N4O/c1-12-6-13(8-15(29)7-12)16-4-5-30-11-21(16)32-24(33)20-3-2-17(26)23(31-20)22-18(27)9-14(25)10-19(22)28/h2-5,9-13,15H,6-8,29H2,1H3,(H,32,33)/t12-,13+,15+/m0/s1. The van der Waals surface area contributed by atoms with Crippen molar-refractivity contribution in [1.29, 1.82) is 0 Å². The minimum atomic E-state index is -1.08. The summed E-state index contributed by atoms with van der Waals surface area (Å²) in [5, 5.41) is 2.58. The Morgan fingerprint density at radius 2 is 1.82 bits per heavy atom. The van der Waals surface area contributed by atoms with Crippen LogP contribution in [-0.4, -0.2) is 21.9 Å². The molecule has 4 rings (SSSR count). The van der Waals surface area contributed by atoms with E-state index >= 15 is 0 Å². The Morgan fingerprint density at radius 1 is 1.09 bits per heavy atom. The minimum absolute atomic E-state index is 0.0703. The van der Waals surface area contributed by atoms with Gasteiger partial charge in [0.2, 0.25) is 0 Å². The molecule has 2 aromatic heterocycles. The first-order chi connectivity index (χ1) is 15.7. The molecule has 3 N–H and O–H groups in total. The zero-order valence-corrected chi connectivity index (χ0v) is 18.5. The maximum absolute atomic E-state index is 14.4. The van der Waals surface area contributed by atoms with Gasteiger partial charge in [-0.3, -0.25) is 9.78 Å². The summed E-state index contributed by atoms with van der Waals surface area (Å²) in [5.74, 6) is -3.20. The molecule has 5 nitrogen and oxygen atoms in total. The second-order valence-electron chi connectivity index (χ2n) is 8.46. The Balaban J connectivity index is 1.64. The molecule has 1 aliphatic carbocycles. The molecule has 1 saturated carbocycles. The second-order valence-corrected chi connectivity index (χ2v) is 8.89. The molecule has 3 atom stereocenters. The largest absolute Gasteiger partial charge is 0.328 e. The van der Waals surface area contributed by atoms with E-state index in [-0.39, 0.29) is 22.7 Å². The number of benzene rings is 1. The molecule has 0 radical (unpaired) electrons. The van der Waals surface area contributed by atoms with Gasteiger partial charge in [0, 0.05) is 17.3 Å². The zero-order chi connectivity index (χ0) is 23.7. The summed E-state index contributed by atoms with van der Waals surface area (Å²) in [4.78, 5) is 20.9. The van der Waals surface area contributed by atoms with Gasteiger partial charge in [0.05, 0.1) is 17.4 Å². The molecule has 1 fully saturated rings. The predicted molar refractivity (Wildman–Crippen MR) is 120 cm³/mol. The van der Waals surface area contributed by atoms with E-state index in [0.717, 1.165) is 49.1 Å². The van der Waals surface area contributed by atoms with Gasteiger partial charge < -0.3 is 11.1 Å². The lowest BCUT2D eigenvalue weighted by Gasteiger charge is -2.32. The zero-order valence-electron chi connectivity index (χ0n) is 17.8. The number of rotatable bonds is 4. The molecule has 0 bridgehead atoms. The first-order valence-electron chi connectivity index (χ1n) is 10.5. The number of nitrogens with two attached hydrogens (primary N) is 1. The number of carbonyl (C=O) groups is 1. The van der Waals surface area contributed by atoms with Gasteiger partial charge in [0.15, 0.2) is 0 Å². The van der Waals surface area contributed by atoms with Crippen LogP contribution in [0.4, 0.5) is 18.9 Å². The highest BCUT2D eigenvalue weighted by Crippen LogP contribution is 2.38. The van der Waals surface area contributed by atoms with E-state index < -0.39 is 34.6 Å². The third-order valence-corrected chi connectivity index (χ3v) is 6.06. The van der Waals surface area contributed by atoms with E-state index in [1.807, 2.05) is 6.07 Å². The molecule has 2 heterocycles. The van der Waals surface area contributed by atoms with Crippen LogP contribution in [0.3, 0.4) is 0 Å². The van der Waals surface area contributed by atoms with Crippen LogP contribution in [0, 0.1) is 23.4 Å². The number of hydrogen-bond donors (Lipinski definition) is 2. The molecule has 172 valence electrons. The van der Waals surface area contributed by atoms with E-state index in [1.54, 1.807) is 6.20 Å². The first-order valence-corrected chi connectivity index (χ1v) is 10.9. The van der Waals surface area contributed by atoms with Crippen molar-refractivity contribution in [3.05, 3.63) is 76.5 Å². The van der Waals surface area contributed by atoms with E-state index in [9.17, 15) is 18.0 Å². The van der Waals surface area contributed by atoms with Crippen molar-refractivity contribution < 1.29 is 18.0 Å². The Hall–Kier alpha value is -2.97. The number of anilines is 1. The van der Waals surface area contributed by atoms with Crippen molar-refractivity contribution >= 4 is 23.2 Å². The fourth-order valence-corrected chi connectivity index (χ4v) is 4.67. The van der Waals surface area contributed by atoms with Crippen molar-refractivity contribution in [3.8, 4) is 11.3 Å². The van der Waals surface area contributed by atoms with Crippen LogP contribution in [0.15, 0.2) is 42.7 Å². The molecule has 0 unspecified atom stereocenters. The number of halogens is 4. The molecular weight excluding hydrogens is 453 g/mol. The summed E-state index contributed by atoms with van der Waals surface area (Å²) < 4.78 is 43.1. The highest BCUT2D eigenvalue weighted by Gasteiger charge is 2.28. The van der Waals surface area contributed by atoms with Crippen molar-refractivity contribution in [2.75, 3.05) is 5.32 Å². The van der Waals surface area contributed by atoms with E-state index in [1.165, 1.54) is 6.20 Å². The fourth-order valence-electron chi connectivity index (χ4n) is 4.47. The molecule has 1 aliphatic rings. The minimum Gasteiger partial charge on any atom is -0.328 e. The van der Waals surface area contributed by atoms with Crippen LogP contribution in [0.25, 0.3) is 11.3 Å². The fraction of sp³-hybridized carbons (Fsp3) is 0.292. The number of pyridine rings is 2. The van der Waals surface area contributed by atoms with Crippen molar-refractivity contribution in [2.45, 2.75) is 38.1 Å². The quantitative estimate of drug-likeness (QED) is 0.508. The van der Waals surface area contributed by atoms with Gasteiger partial charge in [-0.1, -0.05) is 18.5 Å². The van der Waals surface area contributed by atoms with E-state index in [4.69, 9.17) is 17.3 Å². The number of hydrogen-bond acceptors (Lipinski definition) is 4. The molecule has 33 heavy (non-hydrogen) atoms. The van der Waals surface area contributed by atoms with Gasteiger partial charge in [0.25, 0.3) is 5.91 Å². The molecular formula is C24H22ClF3N4O. The van der Waals surface area contributed by atoms with Gasteiger partial charge in [-0.2, -0.15) is 0 Å².